The summed E-state index contributed by atoms with van der Waals surface area (Å²) in [5, 5.41) is 16.4. The van der Waals surface area contributed by atoms with E-state index < -0.39 is 11.9 Å². The van der Waals surface area contributed by atoms with Crippen molar-refractivity contribution in [2.45, 2.75) is 87.8 Å². The van der Waals surface area contributed by atoms with Crippen LogP contribution in [0.2, 0.25) is 5.02 Å². The third-order valence-corrected chi connectivity index (χ3v) is 7.09. The summed E-state index contributed by atoms with van der Waals surface area (Å²) in [7, 11) is 0. The average Bonchev–Trinajstić information content (AvgIpc) is 2.91. The third-order valence-electron chi connectivity index (χ3n) is 6.69. The van der Waals surface area contributed by atoms with E-state index in [0.29, 0.717) is 37.0 Å². The zero-order valence-corrected chi connectivity index (χ0v) is 27.7. The smallest absolute Gasteiger partial charge is 0.328 e. The van der Waals surface area contributed by atoms with Gasteiger partial charge in [-0.1, -0.05) is 32.4 Å². The van der Waals surface area contributed by atoms with Crippen molar-refractivity contribution in [1.82, 2.24) is 4.90 Å². The van der Waals surface area contributed by atoms with Crippen LogP contribution >= 0.6 is 11.6 Å². The molecule has 43 heavy (non-hydrogen) atoms. The first-order chi connectivity index (χ1) is 20.0. The minimum Gasteiger partial charge on any atom is -0.492 e. The molecule has 0 heterocycles. The van der Waals surface area contributed by atoms with E-state index in [1.807, 2.05) is 53.7 Å². The van der Waals surface area contributed by atoms with Crippen LogP contribution in [-0.4, -0.2) is 58.8 Å². The van der Waals surface area contributed by atoms with Gasteiger partial charge in [0.1, 0.15) is 23.9 Å². The molecule has 0 aromatic heterocycles. The van der Waals surface area contributed by atoms with Crippen molar-refractivity contribution in [3.63, 3.8) is 0 Å². The van der Waals surface area contributed by atoms with Gasteiger partial charge in [-0.3, -0.25) is 9.69 Å². The summed E-state index contributed by atoms with van der Waals surface area (Å²) < 4.78 is 18.1. The molecule has 0 aliphatic rings. The number of benzene rings is 2. The van der Waals surface area contributed by atoms with Crippen molar-refractivity contribution >= 4 is 29.5 Å². The number of carboxylic acids is 2. The number of aryl methyl sites for hydroxylation is 1. The van der Waals surface area contributed by atoms with Crippen molar-refractivity contribution < 1.29 is 38.8 Å². The largest absolute Gasteiger partial charge is 0.492 e. The van der Waals surface area contributed by atoms with Gasteiger partial charge in [0.25, 0.3) is 0 Å². The predicted octanol–water partition coefficient (Wildman–Crippen LogP) is 7.02. The number of likely N-dealkylation sites (N-methyl/N-ethyl adjacent to an activating group) is 1. The van der Waals surface area contributed by atoms with Crippen molar-refractivity contribution in [1.29, 1.82) is 0 Å². The summed E-state index contributed by atoms with van der Waals surface area (Å²) in [5.74, 6) is -0.119. The number of aliphatic carboxylic acids is 2. The molecule has 238 valence electrons. The Morgan fingerprint density at radius 3 is 1.95 bits per heavy atom. The highest BCUT2D eigenvalue weighted by Crippen LogP contribution is 2.39. The number of carbonyl (C=O) groups excluding carboxylic acids is 1. The molecule has 0 saturated carbocycles. The molecular weight excluding hydrogens is 574 g/mol. The fourth-order valence-corrected chi connectivity index (χ4v) is 4.46. The summed E-state index contributed by atoms with van der Waals surface area (Å²) in [4.78, 5) is 33.2. The molecule has 0 spiro atoms. The number of halogens is 1. The first-order valence-corrected chi connectivity index (χ1v) is 14.6. The van der Waals surface area contributed by atoms with Crippen LogP contribution in [0.15, 0.2) is 24.3 Å². The molecule has 2 aromatic rings. The Morgan fingerprint density at radius 1 is 0.930 bits per heavy atom. The van der Waals surface area contributed by atoms with Crippen LogP contribution in [0.1, 0.15) is 80.8 Å². The van der Waals surface area contributed by atoms with Gasteiger partial charge in [-0.2, -0.15) is 0 Å². The van der Waals surface area contributed by atoms with Crippen LogP contribution in [0.25, 0.3) is 0 Å². The summed E-state index contributed by atoms with van der Waals surface area (Å²) in [5.41, 5.74) is 6.05. The minimum atomic E-state index is -1.26. The molecule has 0 aliphatic heterocycles. The van der Waals surface area contributed by atoms with Crippen LogP contribution in [-0.2, 0) is 20.9 Å². The molecule has 0 aliphatic carbocycles. The first kappa shape index (κ1) is 37.5. The Labute approximate surface area is 260 Å². The number of esters is 1. The molecule has 9 nitrogen and oxygen atoms in total. The lowest BCUT2D eigenvalue weighted by Crippen LogP contribution is -2.29. The Bertz CT molecular complexity index is 1300. The van der Waals surface area contributed by atoms with E-state index in [2.05, 4.69) is 25.7 Å². The Balaban J connectivity index is 0.00000101. The lowest BCUT2D eigenvalue weighted by Gasteiger charge is -2.27. The number of ether oxygens (including phenoxy) is 3. The van der Waals surface area contributed by atoms with Crippen LogP contribution in [0.4, 0.5) is 0 Å². The van der Waals surface area contributed by atoms with Crippen LogP contribution in [0.3, 0.4) is 0 Å². The fraction of sp³-hybridized carbons (Fsp3) is 0.485. The lowest BCUT2D eigenvalue weighted by molar-refractivity contribution is -0.134. The van der Waals surface area contributed by atoms with E-state index in [1.165, 1.54) is 6.92 Å². The highest BCUT2D eigenvalue weighted by atomic mass is 35.5. The van der Waals surface area contributed by atoms with Gasteiger partial charge in [0, 0.05) is 48.3 Å². The second kappa shape index (κ2) is 17.5. The molecule has 2 rings (SSSR count). The topological polar surface area (TPSA) is 123 Å². The molecule has 0 saturated heterocycles. The minimum absolute atomic E-state index is 0.0341. The molecule has 0 amide bonds. The summed E-state index contributed by atoms with van der Waals surface area (Å²) in [6.07, 6.45) is 1.15. The zero-order valence-electron chi connectivity index (χ0n) is 27.0. The van der Waals surface area contributed by atoms with Gasteiger partial charge in [0.2, 0.25) is 0 Å². The molecule has 0 radical (unpaired) electrons. The number of rotatable bonds is 13. The Hall–Kier alpha value is -3.56. The monoisotopic (exact) mass is 619 g/mol. The number of nitrogens with zero attached hydrogens (tertiary/aromatic N) is 1. The molecular formula is C33H46ClNO8. The highest BCUT2D eigenvalue weighted by Gasteiger charge is 2.23. The van der Waals surface area contributed by atoms with Crippen molar-refractivity contribution in [2.24, 2.45) is 0 Å². The number of carbonyl (C=O) groups is 3. The highest BCUT2D eigenvalue weighted by molar-refractivity contribution is 6.31. The van der Waals surface area contributed by atoms with E-state index in [-0.39, 0.29) is 12.1 Å². The van der Waals surface area contributed by atoms with E-state index in [0.717, 1.165) is 63.0 Å². The van der Waals surface area contributed by atoms with E-state index in [4.69, 9.17) is 36.0 Å². The van der Waals surface area contributed by atoms with E-state index in [1.54, 1.807) is 0 Å². The van der Waals surface area contributed by atoms with Crippen molar-refractivity contribution in [2.75, 3.05) is 19.7 Å². The standard InChI is InChI=1S/C29H42ClNO4.C4H4O4/c1-11-31(12-13-33-27-14-19(6)26(30)15-24(27)17(2)3)16-25-22(9)28(35-23(10)32)20(7)21(8)29(25)34-18(4)5;5-3(6)1-2-4(7)8/h14-15,17-18H,11-13,16H2,1-10H3;1-2H,(H,5,6)(H,7,8)/b;2-1+. The van der Waals surface area contributed by atoms with Gasteiger partial charge in [-0.25, -0.2) is 9.59 Å². The number of hydrogen-bond donors (Lipinski definition) is 2. The zero-order chi connectivity index (χ0) is 33.0. The van der Waals surface area contributed by atoms with Crippen molar-refractivity contribution in [3.8, 4) is 17.2 Å². The molecule has 0 unspecified atom stereocenters. The molecule has 2 N–H and O–H groups in total. The van der Waals surface area contributed by atoms with Crippen LogP contribution < -0.4 is 14.2 Å². The molecule has 10 heteroatoms. The van der Waals surface area contributed by atoms with Gasteiger partial charge in [-0.05, 0) is 88.4 Å². The van der Waals surface area contributed by atoms with Gasteiger partial charge >= 0.3 is 17.9 Å². The fourth-order valence-electron chi connectivity index (χ4n) is 4.28. The average molecular weight is 620 g/mol. The maximum atomic E-state index is 11.8. The van der Waals surface area contributed by atoms with Crippen molar-refractivity contribution in [3.05, 3.63) is 62.7 Å². The summed E-state index contributed by atoms with van der Waals surface area (Å²) >= 11 is 6.35. The second-order valence-electron chi connectivity index (χ2n) is 10.8. The van der Waals surface area contributed by atoms with Crippen LogP contribution in [0.5, 0.6) is 17.2 Å². The maximum absolute atomic E-state index is 11.8. The molecule has 0 fully saturated rings. The van der Waals surface area contributed by atoms with Gasteiger partial charge in [-0.15, -0.1) is 0 Å². The van der Waals surface area contributed by atoms with E-state index >= 15 is 0 Å². The normalized spacial score (nSPS) is 11.1. The Morgan fingerprint density at radius 2 is 1.49 bits per heavy atom. The maximum Gasteiger partial charge on any atom is 0.328 e. The first-order valence-electron chi connectivity index (χ1n) is 14.3. The van der Waals surface area contributed by atoms with Gasteiger partial charge in [0.15, 0.2) is 0 Å². The number of hydrogen-bond acceptors (Lipinski definition) is 7. The lowest BCUT2D eigenvalue weighted by atomic mass is 9.96. The summed E-state index contributed by atoms with van der Waals surface area (Å²) in [6, 6.07) is 4.04. The molecule has 2 aromatic carbocycles. The summed E-state index contributed by atoms with van der Waals surface area (Å²) in [6.45, 7) is 22.7. The SMILES string of the molecule is CCN(CCOc1cc(C)c(Cl)cc1C(C)C)Cc1c(C)c(OC(C)=O)c(C)c(C)c1OC(C)C.O=C(O)/C=C/C(=O)O. The van der Waals surface area contributed by atoms with E-state index in [9.17, 15) is 14.4 Å². The number of carboxylic acid groups (broad SMARTS) is 2. The molecule has 0 atom stereocenters. The van der Waals surface area contributed by atoms with Gasteiger partial charge < -0.3 is 24.4 Å². The van der Waals surface area contributed by atoms with Gasteiger partial charge in [0.05, 0.1) is 6.10 Å². The van der Waals surface area contributed by atoms with Crippen LogP contribution in [0, 0.1) is 27.7 Å². The molecule has 0 bridgehead atoms. The Kier molecular flexibility index (Phi) is 15.3. The quantitative estimate of drug-likeness (QED) is 0.138. The predicted molar refractivity (Wildman–Crippen MR) is 169 cm³/mol. The third kappa shape index (κ3) is 11.9. The second-order valence-corrected chi connectivity index (χ2v) is 11.2.